The highest BCUT2D eigenvalue weighted by Gasteiger charge is 2.30. The minimum Gasteiger partial charge on any atom is -0.480 e. The second-order valence-electron chi connectivity index (χ2n) is 5.55. The molecular weight excluding hydrogens is 247 g/mol. The molecule has 0 amide bonds. The van der Waals surface area contributed by atoms with Crippen LogP contribution in [0.15, 0.2) is 0 Å². The molecule has 0 spiro atoms. The number of carbonyl (C=O) groups is 1. The van der Waals surface area contributed by atoms with E-state index in [-0.39, 0.29) is 24.5 Å². The molecule has 1 atom stereocenters. The first-order valence-corrected chi connectivity index (χ1v) is 5.99. The highest BCUT2D eigenvalue weighted by molar-refractivity contribution is 5.69. The van der Waals surface area contributed by atoms with Crippen LogP contribution in [-0.4, -0.2) is 40.3 Å². The number of alkyl halides is 3. The van der Waals surface area contributed by atoms with Gasteiger partial charge in [-0.05, 0) is 40.5 Å². The van der Waals surface area contributed by atoms with Crippen molar-refractivity contribution in [2.24, 2.45) is 0 Å². The van der Waals surface area contributed by atoms with Crippen molar-refractivity contribution in [2.75, 3.05) is 6.54 Å². The zero-order valence-electron chi connectivity index (χ0n) is 11.3. The Kier molecular flexibility index (Phi) is 6.13. The Hall–Kier alpha value is -0.780. The summed E-state index contributed by atoms with van der Waals surface area (Å²) in [4.78, 5) is 12.5. The van der Waals surface area contributed by atoms with Crippen LogP contribution in [0.5, 0.6) is 0 Å². The van der Waals surface area contributed by atoms with E-state index in [4.69, 9.17) is 5.11 Å². The third-order valence-electron chi connectivity index (χ3n) is 2.78. The smallest absolute Gasteiger partial charge is 0.389 e. The van der Waals surface area contributed by atoms with E-state index in [0.717, 1.165) is 0 Å². The van der Waals surface area contributed by atoms with Crippen LogP contribution in [0.3, 0.4) is 0 Å². The van der Waals surface area contributed by atoms with Gasteiger partial charge in [0.05, 0.1) is 6.54 Å². The molecule has 1 N–H and O–H groups in total. The Morgan fingerprint density at radius 3 is 2.11 bits per heavy atom. The van der Waals surface area contributed by atoms with Crippen molar-refractivity contribution < 1.29 is 23.1 Å². The van der Waals surface area contributed by atoms with Crippen molar-refractivity contribution in [3.63, 3.8) is 0 Å². The minimum absolute atomic E-state index is 0.0247. The predicted molar refractivity (Wildman–Crippen MR) is 63.5 cm³/mol. The second-order valence-corrected chi connectivity index (χ2v) is 5.55. The lowest BCUT2D eigenvalue weighted by Gasteiger charge is -2.39. The van der Waals surface area contributed by atoms with Gasteiger partial charge in [-0.2, -0.15) is 13.2 Å². The highest BCUT2D eigenvalue weighted by atomic mass is 19.4. The lowest BCUT2D eigenvalue weighted by molar-refractivity contribution is -0.142. The molecule has 0 aromatic heterocycles. The van der Waals surface area contributed by atoms with Gasteiger partial charge in [0.25, 0.3) is 0 Å². The molecule has 0 fully saturated rings. The summed E-state index contributed by atoms with van der Waals surface area (Å²) in [5, 5.41) is 8.83. The van der Waals surface area contributed by atoms with Crippen molar-refractivity contribution in [3.05, 3.63) is 0 Å². The molecular formula is C12H22F3NO2. The Balaban J connectivity index is 4.39. The fraction of sp³-hybridized carbons (Fsp3) is 0.917. The van der Waals surface area contributed by atoms with E-state index >= 15 is 0 Å². The molecule has 0 saturated carbocycles. The first-order chi connectivity index (χ1) is 7.93. The molecule has 0 bridgehead atoms. The quantitative estimate of drug-likeness (QED) is 0.804. The Labute approximate surface area is 106 Å². The first-order valence-electron chi connectivity index (χ1n) is 5.99. The zero-order chi connectivity index (χ0) is 14.6. The van der Waals surface area contributed by atoms with Crippen molar-refractivity contribution in [3.8, 4) is 0 Å². The Morgan fingerprint density at radius 1 is 1.28 bits per heavy atom. The largest absolute Gasteiger partial charge is 0.480 e. The molecule has 0 aromatic rings. The van der Waals surface area contributed by atoms with E-state index < -0.39 is 18.6 Å². The van der Waals surface area contributed by atoms with Crippen LogP contribution in [0.4, 0.5) is 13.2 Å². The van der Waals surface area contributed by atoms with Gasteiger partial charge in [0.2, 0.25) is 0 Å². The number of aliphatic carboxylic acids is 1. The van der Waals surface area contributed by atoms with E-state index in [1.165, 1.54) is 0 Å². The fourth-order valence-electron chi connectivity index (χ4n) is 1.95. The van der Waals surface area contributed by atoms with Crippen LogP contribution < -0.4 is 0 Å². The highest BCUT2D eigenvalue weighted by Crippen LogP contribution is 2.25. The van der Waals surface area contributed by atoms with Crippen LogP contribution in [-0.2, 0) is 4.79 Å². The fourth-order valence-corrected chi connectivity index (χ4v) is 1.95. The standard InChI is InChI=1S/C12H22F3NO2/c1-9(6-5-7-12(13,14)15)16(8-10(17)18)11(2,3)4/h9H,5-8H2,1-4H3,(H,17,18). The SMILES string of the molecule is CC(CCCC(F)(F)F)N(CC(=O)O)C(C)(C)C. The summed E-state index contributed by atoms with van der Waals surface area (Å²) in [6.45, 7) is 7.18. The third-order valence-corrected chi connectivity index (χ3v) is 2.78. The number of nitrogens with zero attached hydrogens (tertiary/aromatic N) is 1. The molecule has 0 aromatic carbocycles. The molecule has 0 rings (SSSR count). The molecule has 0 aliphatic rings. The van der Waals surface area contributed by atoms with Crippen LogP contribution in [0.2, 0.25) is 0 Å². The molecule has 108 valence electrons. The summed E-state index contributed by atoms with van der Waals surface area (Å²) in [7, 11) is 0. The van der Waals surface area contributed by atoms with Gasteiger partial charge in [-0.25, -0.2) is 0 Å². The monoisotopic (exact) mass is 269 g/mol. The van der Waals surface area contributed by atoms with Gasteiger partial charge < -0.3 is 5.11 Å². The van der Waals surface area contributed by atoms with Crippen LogP contribution in [0.1, 0.15) is 47.0 Å². The number of halogens is 3. The summed E-state index contributed by atoms with van der Waals surface area (Å²) in [5.41, 5.74) is -0.379. The Morgan fingerprint density at radius 2 is 1.78 bits per heavy atom. The molecule has 0 aliphatic carbocycles. The lowest BCUT2D eigenvalue weighted by Crippen LogP contribution is -2.49. The topological polar surface area (TPSA) is 40.5 Å². The molecule has 0 aliphatic heterocycles. The summed E-state index contributed by atoms with van der Waals surface area (Å²) in [6, 6.07) is -0.191. The number of carboxylic acids is 1. The van der Waals surface area contributed by atoms with Gasteiger partial charge in [0, 0.05) is 18.0 Å². The van der Waals surface area contributed by atoms with Gasteiger partial charge in [0.1, 0.15) is 0 Å². The second kappa shape index (κ2) is 6.41. The zero-order valence-corrected chi connectivity index (χ0v) is 11.3. The van der Waals surface area contributed by atoms with Crippen molar-refractivity contribution >= 4 is 5.97 Å². The molecule has 0 saturated heterocycles. The Bertz CT molecular complexity index is 271. The van der Waals surface area contributed by atoms with E-state index in [1.54, 1.807) is 11.8 Å². The lowest BCUT2D eigenvalue weighted by atomic mass is 10.00. The molecule has 6 heteroatoms. The van der Waals surface area contributed by atoms with Crippen molar-refractivity contribution in [2.45, 2.75) is 64.7 Å². The summed E-state index contributed by atoms with van der Waals surface area (Å²) in [5.74, 6) is -0.965. The van der Waals surface area contributed by atoms with E-state index in [2.05, 4.69) is 0 Å². The molecule has 0 radical (unpaired) electrons. The third kappa shape index (κ3) is 7.53. The van der Waals surface area contributed by atoms with Crippen LogP contribution in [0, 0.1) is 0 Å². The van der Waals surface area contributed by atoms with Gasteiger partial charge >= 0.3 is 12.1 Å². The summed E-state index contributed by atoms with van der Waals surface area (Å²) >= 11 is 0. The summed E-state index contributed by atoms with van der Waals surface area (Å²) < 4.78 is 36.1. The summed E-state index contributed by atoms with van der Waals surface area (Å²) in [6.07, 6.45) is -4.59. The van der Waals surface area contributed by atoms with Crippen molar-refractivity contribution in [1.82, 2.24) is 4.90 Å². The molecule has 18 heavy (non-hydrogen) atoms. The number of carboxylic acid groups (broad SMARTS) is 1. The van der Waals surface area contributed by atoms with Crippen LogP contribution >= 0.6 is 0 Å². The molecule has 1 unspecified atom stereocenters. The van der Waals surface area contributed by atoms with E-state index in [1.807, 2.05) is 20.8 Å². The molecule has 3 nitrogen and oxygen atoms in total. The van der Waals surface area contributed by atoms with Gasteiger partial charge in [-0.3, -0.25) is 9.69 Å². The normalized spacial score (nSPS) is 14.9. The maximum atomic E-state index is 12.0. The van der Waals surface area contributed by atoms with Gasteiger partial charge in [0.15, 0.2) is 0 Å². The van der Waals surface area contributed by atoms with Gasteiger partial charge in [-0.1, -0.05) is 0 Å². The average Bonchev–Trinajstić information content (AvgIpc) is 2.09. The van der Waals surface area contributed by atoms with E-state index in [0.29, 0.717) is 6.42 Å². The number of hydrogen-bond acceptors (Lipinski definition) is 2. The minimum atomic E-state index is -4.14. The van der Waals surface area contributed by atoms with Gasteiger partial charge in [-0.15, -0.1) is 0 Å². The van der Waals surface area contributed by atoms with Crippen LogP contribution in [0.25, 0.3) is 0 Å². The first kappa shape index (κ1) is 17.2. The average molecular weight is 269 g/mol. The predicted octanol–water partition coefficient (Wildman–Crippen LogP) is 3.29. The maximum absolute atomic E-state index is 12.0. The number of hydrogen-bond donors (Lipinski definition) is 1. The molecule has 0 heterocycles. The van der Waals surface area contributed by atoms with E-state index in [9.17, 15) is 18.0 Å². The maximum Gasteiger partial charge on any atom is 0.389 e. The van der Waals surface area contributed by atoms with Crippen molar-refractivity contribution in [1.29, 1.82) is 0 Å². The number of rotatable bonds is 6.